The van der Waals surface area contributed by atoms with Crippen molar-refractivity contribution >= 4 is 72.2 Å². The number of aldehydes is 1. The van der Waals surface area contributed by atoms with E-state index in [1.165, 1.54) is 83.4 Å². The van der Waals surface area contributed by atoms with E-state index in [9.17, 15) is 101 Å². The Morgan fingerprint density at radius 1 is 0.494 bits per heavy atom. The number of hydrogen-bond acceptors (Lipinski definition) is 18. The summed E-state index contributed by atoms with van der Waals surface area (Å²) < 4.78 is 176. The first-order valence-corrected chi connectivity index (χ1v) is 26.0. The molecule has 0 aliphatic heterocycles. The molecule has 0 bridgehead atoms. The lowest BCUT2D eigenvalue weighted by molar-refractivity contribution is -0.174. The molecule has 0 spiro atoms. The van der Waals surface area contributed by atoms with Crippen molar-refractivity contribution in [3.63, 3.8) is 0 Å². The van der Waals surface area contributed by atoms with Crippen LogP contribution in [0.3, 0.4) is 0 Å². The second-order valence-corrected chi connectivity index (χ2v) is 19.2. The summed E-state index contributed by atoms with van der Waals surface area (Å²) in [7, 11) is 4.39. The summed E-state index contributed by atoms with van der Waals surface area (Å²) in [6, 6.07) is 0. The molecule has 20 nitrogen and oxygen atoms in total. The summed E-state index contributed by atoms with van der Waals surface area (Å²) in [6.45, 7) is 24.9. The Morgan fingerprint density at radius 2 is 0.805 bits per heavy atom. The molecule has 1 N–H and O–H groups in total. The minimum absolute atomic E-state index is 0. The van der Waals surface area contributed by atoms with E-state index in [0.717, 1.165) is 39.4 Å². The normalized spacial score (nSPS) is 10.7. The van der Waals surface area contributed by atoms with Crippen molar-refractivity contribution < 1.29 is 144 Å². The molecule has 1 amide bonds. The lowest BCUT2D eigenvalue weighted by Gasteiger charge is -2.29. The monoisotopic (exact) mass is 1320 g/mol. The number of carboxylic acid groups (broad SMARTS) is 1. The number of rotatable bonds is 27. The summed E-state index contributed by atoms with van der Waals surface area (Å²) in [5.41, 5.74) is -7.05. The number of nitrogens with zero attached hydrogens (tertiary/aromatic N) is 1. The van der Waals surface area contributed by atoms with E-state index in [0.29, 0.717) is 6.29 Å². The Labute approximate surface area is 508 Å². The predicted octanol–water partition coefficient (Wildman–Crippen LogP) is 11.4. The molecule has 518 valence electrons. The van der Waals surface area contributed by atoms with E-state index < -0.39 is 137 Å². The van der Waals surface area contributed by atoms with Crippen LogP contribution in [0.5, 0.6) is 0 Å². The molecule has 0 atom stereocenters. The SMILES string of the molecule is CC(=O)C(F)F.CC(C)(CC(=O)O)C(F)F.CC(C)(CC=O)C(F)F.CCOC.CCOC(=O)C(C(=O)OCC)=C(C)C(F)F.CCOC(=O)C(C(=O)OCC)C(C)(C)C(F)F.CCOC(=O)CC(=O)OCC.CON(C)C(=O)CC(C)(C)C(F)F.Cl. The molecule has 0 aliphatic carbocycles. The number of ether oxygens (including phenoxy) is 7. The van der Waals surface area contributed by atoms with E-state index in [1.807, 2.05) is 6.92 Å². The smallest absolute Gasteiger partial charge is 0.345 e. The second kappa shape index (κ2) is 55.5. The van der Waals surface area contributed by atoms with Gasteiger partial charge in [-0.3, -0.25) is 38.4 Å². The Balaban J connectivity index is -0.000000117. The zero-order chi connectivity index (χ0) is 70.1. The zero-order valence-electron chi connectivity index (χ0n) is 53.1. The van der Waals surface area contributed by atoms with Gasteiger partial charge in [-0.25, -0.2) is 67.3 Å². The number of carboxylic acids is 1. The molecule has 87 heavy (non-hydrogen) atoms. The van der Waals surface area contributed by atoms with Crippen molar-refractivity contribution in [1.82, 2.24) is 5.06 Å². The van der Waals surface area contributed by atoms with Gasteiger partial charge in [0.25, 0.3) is 12.9 Å². The van der Waals surface area contributed by atoms with E-state index in [-0.39, 0.29) is 71.3 Å². The van der Waals surface area contributed by atoms with Gasteiger partial charge in [-0.05, 0) is 55.4 Å². The topological polar surface area (TPSA) is 268 Å². The standard InChI is InChI=1S/C11H18F2O4.C10H14F2O4.C8H15F2NO2.C7H12O4.C6H10F2O2.C6H10F2O.C3H4F2O.C3H8O.ClH/c1-5-16-8(14)7(9(15)17-6-2)11(3,4)10(12)13;1-4-15-9(13)7(6(3)8(11)12)10(14)16-5-2;1-8(2,7(9)10)5-6(12)11(3)13-4;1-3-10-6(8)5-7(9)11-4-2;1-6(2,5(7)8)3-4(9)10;1-6(2,3-4-9)5(7)8;1-2(6)3(4)5;1-3-4-2;/h7,10H,5-6H2,1-4H3;8H,4-5H2,1-3H3;7H,5H2,1-4H3;3-5H2,1-2H3;5H,3H2,1-2H3,(H,9,10);4-5H,3H2,1-2H3;3H,1H3;3H2,1-2H3;1H. The van der Waals surface area contributed by atoms with Crippen LogP contribution in [0.4, 0.5) is 52.7 Å². The first-order valence-electron chi connectivity index (χ1n) is 26.0. The maximum Gasteiger partial charge on any atom is 0.345 e. The fraction of sp³-hybridized carbons (Fsp3) is 0.778. The van der Waals surface area contributed by atoms with Crippen LogP contribution in [0.15, 0.2) is 11.1 Å². The van der Waals surface area contributed by atoms with Crippen LogP contribution in [-0.4, -0.2) is 176 Å². The van der Waals surface area contributed by atoms with Crippen molar-refractivity contribution in [1.29, 1.82) is 0 Å². The molecule has 0 saturated carbocycles. The molecule has 33 heteroatoms. The number of hydrogen-bond donors (Lipinski definition) is 1. The third-order valence-corrected chi connectivity index (χ3v) is 9.75. The van der Waals surface area contributed by atoms with Crippen molar-refractivity contribution in [3.8, 4) is 0 Å². The number of allylic oxidation sites excluding steroid dienone is 1. The van der Waals surface area contributed by atoms with Gasteiger partial charge in [0.05, 0.1) is 53.2 Å². The first kappa shape index (κ1) is 100. The fourth-order valence-electron chi connectivity index (χ4n) is 4.19. The van der Waals surface area contributed by atoms with Crippen LogP contribution in [-0.2, 0) is 85.9 Å². The molecule has 0 rings (SSSR count). The highest BCUT2D eigenvalue weighted by atomic mass is 35.5. The summed E-state index contributed by atoms with van der Waals surface area (Å²) in [5.74, 6) is -9.52. The van der Waals surface area contributed by atoms with Gasteiger partial charge in [-0.15, -0.1) is 12.4 Å². The van der Waals surface area contributed by atoms with Crippen LogP contribution in [0.1, 0.15) is 143 Å². The zero-order valence-corrected chi connectivity index (χ0v) is 53.9. The van der Waals surface area contributed by atoms with E-state index in [2.05, 4.69) is 38.0 Å². The molecule has 0 radical (unpaired) electrons. The Hall–Kier alpha value is -5.79. The largest absolute Gasteiger partial charge is 0.481 e. The highest BCUT2D eigenvalue weighted by Crippen LogP contribution is 2.36. The highest BCUT2D eigenvalue weighted by Gasteiger charge is 2.49. The van der Waals surface area contributed by atoms with Gasteiger partial charge in [0.2, 0.25) is 31.6 Å². The number of alkyl halides is 12. The number of esters is 6. The fourth-order valence-corrected chi connectivity index (χ4v) is 4.19. The van der Waals surface area contributed by atoms with Crippen LogP contribution in [0, 0.1) is 27.6 Å². The molecule has 0 fully saturated rings. The number of carbonyl (C=O) groups excluding carboxylic acids is 9. The van der Waals surface area contributed by atoms with Crippen LogP contribution < -0.4 is 0 Å². The van der Waals surface area contributed by atoms with Crippen molar-refractivity contribution in [2.75, 3.05) is 67.5 Å². The van der Waals surface area contributed by atoms with Gasteiger partial charge in [0, 0.05) is 67.8 Å². The molecular weight excluding hydrogens is 1230 g/mol. The molecule has 0 saturated heterocycles. The Bertz CT molecular complexity index is 1910. The first-order chi connectivity index (χ1) is 39.2. The predicted molar refractivity (Wildman–Crippen MR) is 295 cm³/mol. The summed E-state index contributed by atoms with van der Waals surface area (Å²) in [6.07, 6.45) is -16.6. The van der Waals surface area contributed by atoms with E-state index in [1.54, 1.807) is 21.0 Å². The van der Waals surface area contributed by atoms with Crippen molar-refractivity contribution in [2.24, 2.45) is 27.6 Å². The van der Waals surface area contributed by atoms with Gasteiger partial charge in [-0.2, -0.15) is 0 Å². The second-order valence-electron chi connectivity index (χ2n) is 19.2. The molecule has 0 aliphatic rings. The Kier molecular flexibility index (Phi) is 63.9. The maximum atomic E-state index is 12.8. The van der Waals surface area contributed by atoms with Gasteiger partial charge in [0.1, 0.15) is 18.3 Å². The average molecular weight is 1320 g/mol. The van der Waals surface area contributed by atoms with Crippen LogP contribution in [0.25, 0.3) is 0 Å². The third-order valence-electron chi connectivity index (χ3n) is 9.75. The lowest BCUT2D eigenvalue weighted by Crippen LogP contribution is -2.43. The van der Waals surface area contributed by atoms with Crippen molar-refractivity contribution in [2.45, 2.75) is 182 Å². The Morgan fingerprint density at radius 3 is 1.00 bits per heavy atom. The molecule has 0 aromatic heterocycles. The van der Waals surface area contributed by atoms with Gasteiger partial charge in [0.15, 0.2) is 11.7 Å². The molecule has 0 heterocycles. The number of ketones is 1. The quantitative estimate of drug-likeness (QED) is 0.0117. The van der Waals surface area contributed by atoms with Gasteiger partial charge < -0.3 is 43.1 Å². The summed E-state index contributed by atoms with van der Waals surface area (Å²) >= 11 is 0. The number of halogens is 13. The minimum Gasteiger partial charge on any atom is -0.481 e. The number of Topliss-reactive ketones (excluding diaryl/α,β-unsaturated/α-hetero) is 1. The number of hydroxylamine groups is 2. The van der Waals surface area contributed by atoms with Gasteiger partial charge >= 0.3 is 41.8 Å². The lowest BCUT2D eigenvalue weighted by atomic mass is 9.79. The van der Waals surface area contributed by atoms with E-state index in [4.69, 9.17) is 5.11 Å². The molecular formula is C54H92ClF12NO19. The minimum atomic E-state index is -2.90. The van der Waals surface area contributed by atoms with Crippen LogP contribution >= 0.6 is 12.4 Å². The third kappa shape index (κ3) is 54.1. The number of methoxy groups -OCH3 is 1. The van der Waals surface area contributed by atoms with Crippen molar-refractivity contribution in [3.05, 3.63) is 11.1 Å². The molecule has 0 aromatic carbocycles. The maximum absolute atomic E-state index is 12.8. The van der Waals surface area contributed by atoms with E-state index >= 15 is 0 Å². The summed E-state index contributed by atoms with van der Waals surface area (Å²) in [5, 5.41) is 9.11. The number of amides is 1. The highest BCUT2D eigenvalue weighted by molar-refractivity contribution is 6.14. The van der Waals surface area contributed by atoms with Gasteiger partial charge in [-0.1, -0.05) is 55.4 Å². The summed E-state index contributed by atoms with van der Waals surface area (Å²) in [4.78, 5) is 112. The average Bonchev–Trinajstić information content (AvgIpc) is 3.59. The number of aliphatic carboxylic acids is 1. The number of carbonyl (C=O) groups is 10. The molecule has 0 aromatic rings. The molecule has 0 unspecified atom stereocenters. The van der Waals surface area contributed by atoms with Crippen LogP contribution in [0.2, 0.25) is 0 Å².